The highest BCUT2D eigenvalue weighted by Crippen LogP contribution is 2.10. The Morgan fingerprint density at radius 3 is 2.67 bits per heavy atom. The molecule has 1 heterocycles. The molecule has 1 rings (SSSR count). The zero-order valence-corrected chi connectivity index (χ0v) is 9.28. The molecule has 0 aromatic rings. The molecule has 0 aromatic heterocycles. The van der Waals surface area contributed by atoms with Gasteiger partial charge in [-0.25, -0.2) is 4.79 Å². The molecule has 1 fully saturated rings. The van der Waals surface area contributed by atoms with Gasteiger partial charge in [0, 0.05) is 19.5 Å². The predicted molar refractivity (Wildman–Crippen MR) is 56.6 cm³/mol. The van der Waals surface area contributed by atoms with E-state index in [4.69, 9.17) is 4.74 Å². The molecule has 0 aromatic carbocycles. The van der Waals surface area contributed by atoms with Gasteiger partial charge in [-0.05, 0) is 25.2 Å². The SMILES string of the molecule is CC(CC=O)COC(=O)N1CCCCC1. The van der Waals surface area contributed by atoms with Crippen LogP contribution in [0, 0.1) is 5.92 Å². The number of amides is 1. The molecule has 1 amide bonds. The number of likely N-dealkylation sites (tertiary alicyclic amines) is 1. The van der Waals surface area contributed by atoms with Crippen LogP contribution in [0.4, 0.5) is 4.79 Å². The molecule has 1 aliphatic rings. The van der Waals surface area contributed by atoms with E-state index in [2.05, 4.69) is 0 Å². The Morgan fingerprint density at radius 2 is 2.07 bits per heavy atom. The first-order chi connectivity index (χ1) is 7.24. The molecule has 15 heavy (non-hydrogen) atoms. The third-order valence-electron chi connectivity index (χ3n) is 2.60. The van der Waals surface area contributed by atoms with Gasteiger partial charge in [0.1, 0.15) is 6.29 Å². The number of nitrogens with zero attached hydrogens (tertiary/aromatic N) is 1. The summed E-state index contributed by atoms with van der Waals surface area (Å²) < 4.78 is 5.12. The predicted octanol–water partition coefficient (Wildman–Crippen LogP) is 1.83. The molecule has 86 valence electrons. The Hall–Kier alpha value is -1.06. The third-order valence-corrected chi connectivity index (χ3v) is 2.60. The van der Waals surface area contributed by atoms with Crippen molar-refractivity contribution in [3.8, 4) is 0 Å². The number of carbonyl (C=O) groups is 2. The summed E-state index contributed by atoms with van der Waals surface area (Å²) in [6, 6.07) is 0. The Bertz CT molecular complexity index is 212. The highest BCUT2D eigenvalue weighted by Gasteiger charge is 2.18. The Labute approximate surface area is 90.6 Å². The molecule has 0 spiro atoms. The quantitative estimate of drug-likeness (QED) is 0.669. The van der Waals surface area contributed by atoms with Crippen molar-refractivity contribution in [2.24, 2.45) is 5.92 Å². The standard InChI is InChI=1S/C11H19NO3/c1-10(5-8-13)9-15-11(14)12-6-3-2-4-7-12/h8,10H,2-7,9H2,1H3. The molecule has 4 nitrogen and oxygen atoms in total. The van der Waals surface area contributed by atoms with Crippen molar-refractivity contribution in [1.29, 1.82) is 0 Å². The van der Waals surface area contributed by atoms with E-state index in [1.54, 1.807) is 4.90 Å². The van der Waals surface area contributed by atoms with Crippen LogP contribution in [0.5, 0.6) is 0 Å². The molecule has 0 N–H and O–H groups in total. The van der Waals surface area contributed by atoms with Gasteiger partial charge in [0.05, 0.1) is 6.61 Å². The lowest BCUT2D eigenvalue weighted by atomic mass is 10.1. The van der Waals surface area contributed by atoms with Crippen LogP contribution in [-0.2, 0) is 9.53 Å². The van der Waals surface area contributed by atoms with Crippen molar-refractivity contribution < 1.29 is 14.3 Å². The minimum Gasteiger partial charge on any atom is -0.449 e. The second-order valence-electron chi connectivity index (χ2n) is 4.13. The lowest BCUT2D eigenvalue weighted by Gasteiger charge is -2.26. The topological polar surface area (TPSA) is 46.6 Å². The molecule has 1 aliphatic heterocycles. The Morgan fingerprint density at radius 1 is 1.40 bits per heavy atom. The zero-order chi connectivity index (χ0) is 11.1. The van der Waals surface area contributed by atoms with Gasteiger partial charge in [-0.15, -0.1) is 0 Å². The van der Waals surface area contributed by atoms with Crippen molar-refractivity contribution in [3.63, 3.8) is 0 Å². The molecule has 0 saturated carbocycles. The van der Waals surface area contributed by atoms with E-state index in [9.17, 15) is 9.59 Å². The first-order valence-electron chi connectivity index (χ1n) is 5.59. The van der Waals surface area contributed by atoms with Gasteiger partial charge in [0.15, 0.2) is 0 Å². The van der Waals surface area contributed by atoms with Gasteiger partial charge >= 0.3 is 6.09 Å². The van der Waals surface area contributed by atoms with E-state index in [0.29, 0.717) is 13.0 Å². The van der Waals surface area contributed by atoms with Gasteiger partial charge < -0.3 is 14.4 Å². The average molecular weight is 213 g/mol. The summed E-state index contributed by atoms with van der Waals surface area (Å²) in [5, 5.41) is 0. The fraction of sp³-hybridized carbons (Fsp3) is 0.818. The fourth-order valence-electron chi connectivity index (χ4n) is 1.61. The van der Waals surface area contributed by atoms with Crippen molar-refractivity contribution >= 4 is 12.4 Å². The lowest BCUT2D eigenvalue weighted by molar-refractivity contribution is -0.108. The summed E-state index contributed by atoms with van der Waals surface area (Å²) in [6.45, 7) is 3.85. The highest BCUT2D eigenvalue weighted by atomic mass is 16.6. The van der Waals surface area contributed by atoms with Gasteiger partial charge in [0.25, 0.3) is 0 Å². The van der Waals surface area contributed by atoms with Crippen molar-refractivity contribution in [3.05, 3.63) is 0 Å². The molecule has 0 bridgehead atoms. The van der Waals surface area contributed by atoms with Crippen LogP contribution in [0.3, 0.4) is 0 Å². The monoisotopic (exact) mass is 213 g/mol. The lowest BCUT2D eigenvalue weighted by Crippen LogP contribution is -2.36. The van der Waals surface area contributed by atoms with E-state index in [1.165, 1.54) is 6.42 Å². The molecule has 1 atom stereocenters. The number of carbonyl (C=O) groups excluding carboxylic acids is 2. The van der Waals surface area contributed by atoms with E-state index in [0.717, 1.165) is 32.2 Å². The van der Waals surface area contributed by atoms with Crippen LogP contribution >= 0.6 is 0 Å². The van der Waals surface area contributed by atoms with Crippen LogP contribution < -0.4 is 0 Å². The summed E-state index contributed by atoms with van der Waals surface area (Å²) in [5.41, 5.74) is 0. The summed E-state index contributed by atoms with van der Waals surface area (Å²) in [5.74, 6) is 0.122. The number of hydrogen-bond donors (Lipinski definition) is 0. The molecule has 4 heteroatoms. The smallest absolute Gasteiger partial charge is 0.409 e. The first kappa shape index (κ1) is 12.0. The highest BCUT2D eigenvalue weighted by molar-refractivity contribution is 5.67. The van der Waals surface area contributed by atoms with E-state index in [-0.39, 0.29) is 12.0 Å². The molecule has 1 saturated heterocycles. The van der Waals surface area contributed by atoms with Crippen molar-refractivity contribution in [2.45, 2.75) is 32.6 Å². The number of aldehydes is 1. The Kier molecular flexibility index (Phi) is 5.15. The van der Waals surface area contributed by atoms with E-state index < -0.39 is 0 Å². The number of hydrogen-bond acceptors (Lipinski definition) is 3. The molecule has 0 aliphatic carbocycles. The summed E-state index contributed by atoms with van der Waals surface area (Å²) >= 11 is 0. The fourth-order valence-corrected chi connectivity index (χ4v) is 1.61. The molecular formula is C11H19NO3. The number of ether oxygens (including phenoxy) is 1. The second-order valence-corrected chi connectivity index (χ2v) is 4.13. The van der Waals surface area contributed by atoms with Crippen LogP contribution in [0.1, 0.15) is 32.6 Å². The van der Waals surface area contributed by atoms with Gasteiger partial charge in [-0.1, -0.05) is 6.92 Å². The van der Waals surface area contributed by atoms with Crippen LogP contribution in [0.25, 0.3) is 0 Å². The summed E-state index contributed by atoms with van der Waals surface area (Å²) in [6.07, 6.45) is 4.42. The van der Waals surface area contributed by atoms with Crippen LogP contribution in [0.2, 0.25) is 0 Å². The third kappa shape index (κ3) is 4.32. The van der Waals surface area contributed by atoms with Crippen LogP contribution in [0.15, 0.2) is 0 Å². The van der Waals surface area contributed by atoms with Crippen molar-refractivity contribution in [2.75, 3.05) is 19.7 Å². The van der Waals surface area contributed by atoms with E-state index >= 15 is 0 Å². The molecule has 1 unspecified atom stereocenters. The normalized spacial score (nSPS) is 18.3. The first-order valence-corrected chi connectivity index (χ1v) is 5.59. The largest absolute Gasteiger partial charge is 0.449 e. The van der Waals surface area contributed by atoms with Gasteiger partial charge in [0.2, 0.25) is 0 Å². The average Bonchev–Trinajstić information content (AvgIpc) is 2.27. The minimum atomic E-state index is -0.229. The maximum absolute atomic E-state index is 11.5. The second kappa shape index (κ2) is 6.43. The van der Waals surface area contributed by atoms with Gasteiger partial charge in [-0.2, -0.15) is 0 Å². The summed E-state index contributed by atoms with van der Waals surface area (Å²) in [4.78, 5) is 23.5. The Balaban J connectivity index is 2.19. The zero-order valence-electron chi connectivity index (χ0n) is 9.28. The minimum absolute atomic E-state index is 0.122. The van der Waals surface area contributed by atoms with E-state index in [1.807, 2.05) is 6.92 Å². The van der Waals surface area contributed by atoms with Gasteiger partial charge in [-0.3, -0.25) is 0 Å². The maximum atomic E-state index is 11.5. The molecular weight excluding hydrogens is 194 g/mol. The van der Waals surface area contributed by atoms with Crippen molar-refractivity contribution in [1.82, 2.24) is 4.90 Å². The number of rotatable bonds is 4. The number of piperidine rings is 1. The van der Waals surface area contributed by atoms with Crippen LogP contribution in [-0.4, -0.2) is 37.0 Å². The maximum Gasteiger partial charge on any atom is 0.409 e. The molecule has 0 radical (unpaired) electrons. The summed E-state index contributed by atoms with van der Waals surface area (Å²) in [7, 11) is 0.